The number of hydrogen-bond donors (Lipinski definition) is 1. The molecule has 1 aromatic rings. The summed E-state index contributed by atoms with van der Waals surface area (Å²) in [6.07, 6.45) is 3.27. The Kier molecular flexibility index (Phi) is 3.19. The summed E-state index contributed by atoms with van der Waals surface area (Å²) in [5, 5.41) is 0. The van der Waals surface area contributed by atoms with Crippen LogP contribution in [0.3, 0.4) is 0 Å². The maximum atomic E-state index is 11.7. The van der Waals surface area contributed by atoms with Gasteiger partial charge in [0.15, 0.2) is 0 Å². The highest BCUT2D eigenvalue weighted by atomic mass is 16.5. The van der Waals surface area contributed by atoms with Crippen molar-refractivity contribution in [2.75, 3.05) is 0 Å². The molecule has 1 aromatic heterocycles. The molecule has 0 aliphatic carbocycles. The zero-order valence-corrected chi connectivity index (χ0v) is 10.4. The molecule has 1 aliphatic heterocycles. The third kappa shape index (κ3) is 2.20. The molecule has 0 amide bonds. The molecule has 0 radical (unpaired) electrons. The molecular weight excluding hydrogens is 220 g/mol. The summed E-state index contributed by atoms with van der Waals surface area (Å²) in [7, 11) is 0. The summed E-state index contributed by atoms with van der Waals surface area (Å²) in [5.41, 5.74) is -0.195. The predicted octanol–water partition coefficient (Wildman–Crippen LogP) is 1.18. The second-order valence-corrected chi connectivity index (χ2v) is 4.73. The minimum absolute atomic E-state index is 0.194. The van der Waals surface area contributed by atoms with Crippen molar-refractivity contribution in [2.45, 2.75) is 45.9 Å². The lowest BCUT2D eigenvalue weighted by Crippen LogP contribution is -2.33. The predicted molar refractivity (Wildman–Crippen MR) is 64.0 cm³/mol. The van der Waals surface area contributed by atoms with Gasteiger partial charge in [0.05, 0.1) is 6.10 Å². The molecule has 0 aromatic carbocycles. The minimum atomic E-state index is -0.394. The van der Waals surface area contributed by atoms with Crippen LogP contribution in [0.25, 0.3) is 0 Å². The van der Waals surface area contributed by atoms with Gasteiger partial charge in [-0.3, -0.25) is 14.3 Å². The van der Waals surface area contributed by atoms with Crippen LogP contribution in [0.2, 0.25) is 0 Å². The van der Waals surface area contributed by atoms with Gasteiger partial charge in [-0.25, -0.2) is 4.79 Å². The lowest BCUT2D eigenvalue weighted by molar-refractivity contribution is -0.00768. The molecule has 0 saturated carbocycles. The smallest absolute Gasteiger partial charge is 0.330 e. The molecule has 3 atom stereocenters. The van der Waals surface area contributed by atoms with E-state index in [0.29, 0.717) is 11.5 Å². The molecule has 0 spiro atoms. The van der Waals surface area contributed by atoms with Crippen LogP contribution in [0.4, 0.5) is 0 Å². The van der Waals surface area contributed by atoms with Crippen LogP contribution in [0.1, 0.15) is 38.5 Å². The van der Waals surface area contributed by atoms with E-state index in [1.165, 1.54) is 4.57 Å². The molecule has 2 heterocycles. The average molecular weight is 238 g/mol. The topological polar surface area (TPSA) is 64.1 Å². The Bertz CT molecular complexity index is 517. The number of rotatable bonds is 2. The van der Waals surface area contributed by atoms with Crippen molar-refractivity contribution in [1.82, 2.24) is 9.55 Å². The number of hydrogen-bond acceptors (Lipinski definition) is 3. The summed E-state index contributed by atoms with van der Waals surface area (Å²) in [4.78, 5) is 25.3. The quantitative estimate of drug-likeness (QED) is 0.841. The standard InChI is InChI=1S/C12H18N2O3/c1-4-9-7(2)5-10(17-9)14-6-8(3)11(15)13-12(14)16/h6-7,9-10H,4-5H2,1-3H3,(H,13,15,16)/t7?,9-,10-/m1/s1. The van der Waals surface area contributed by atoms with Crippen LogP contribution < -0.4 is 11.2 Å². The monoisotopic (exact) mass is 238 g/mol. The highest BCUT2D eigenvalue weighted by Crippen LogP contribution is 2.33. The van der Waals surface area contributed by atoms with E-state index in [1.807, 2.05) is 0 Å². The third-order valence-electron chi connectivity index (χ3n) is 3.40. The van der Waals surface area contributed by atoms with E-state index < -0.39 is 5.69 Å². The number of aromatic nitrogens is 2. The van der Waals surface area contributed by atoms with E-state index in [0.717, 1.165) is 12.8 Å². The Morgan fingerprint density at radius 3 is 2.82 bits per heavy atom. The lowest BCUT2D eigenvalue weighted by atomic mass is 10.0. The fourth-order valence-electron chi connectivity index (χ4n) is 2.34. The summed E-state index contributed by atoms with van der Waals surface area (Å²) >= 11 is 0. The fraction of sp³-hybridized carbons (Fsp3) is 0.667. The highest BCUT2D eigenvalue weighted by Gasteiger charge is 2.32. The van der Waals surface area contributed by atoms with E-state index in [-0.39, 0.29) is 17.9 Å². The van der Waals surface area contributed by atoms with Gasteiger partial charge in [-0.1, -0.05) is 13.8 Å². The maximum Gasteiger partial charge on any atom is 0.330 e. The van der Waals surface area contributed by atoms with Gasteiger partial charge in [0.1, 0.15) is 6.23 Å². The first-order valence-electron chi connectivity index (χ1n) is 6.00. The van der Waals surface area contributed by atoms with Gasteiger partial charge >= 0.3 is 5.69 Å². The van der Waals surface area contributed by atoms with Crippen molar-refractivity contribution in [3.8, 4) is 0 Å². The Balaban J connectivity index is 2.34. The summed E-state index contributed by atoms with van der Waals surface area (Å²) in [6.45, 7) is 5.88. The van der Waals surface area contributed by atoms with Crippen molar-refractivity contribution in [1.29, 1.82) is 0 Å². The summed E-state index contributed by atoms with van der Waals surface area (Å²) < 4.78 is 7.31. The van der Waals surface area contributed by atoms with Gasteiger partial charge in [0, 0.05) is 11.8 Å². The number of H-pyrrole nitrogens is 1. The van der Waals surface area contributed by atoms with Gasteiger partial charge in [0.2, 0.25) is 0 Å². The minimum Gasteiger partial charge on any atom is -0.354 e. The van der Waals surface area contributed by atoms with Crippen LogP contribution in [0.15, 0.2) is 15.8 Å². The molecule has 2 rings (SSSR count). The van der Waals surface area contributed by atoms with Crippen LogP contribution in [0, 0.1) is 12.8 Å². The van der Waals surface area contributed by atoms with Crippen LogP contribution in [-0.4, -0.2) is 15.7 Å². The number of aromatic amines is 1. The highest BCUT2D eigenvalue weighted by molar-refractivity contribution is 5.01. The molecule has 1 fully saturated rings. The van der Waals surface area contributed by atoms with Gasteiger partial charge < -0.3 is 4.74 Å². The Labute approximate surface area is 99.4 Å². The van der Waals surface area contributed by atoms with Gasteiger partial charge in [-0.2, -0.15) is 0 Å². The molecule has 0 bridgehead atoms. The van der Waals surface area contributed by atoms with E-state index in [1.54, 1.807) is 13.1 Å². The normalized spacial score (nSPS) is 28.5. The van der Waals surface area contributed by atoms with Gasteiger partial charge in [-0.15, -0.1) is 0 Å². The van der Waals surface area contributed by atoms with E-state index in [4.69, 9.17) is 4.74 Å². The second kappa shape index (κ2) is 4.49. The first-order chi connectivity index (χ1) is 8.02. The summed E-state index contributed by atoms with van der Waals surface area (Å²) in [5.74, 6) is 0.434. The largest absolute Gasteiger partial charge is 0.354 e. The lowest BCUT2D eigenvalue weighted by Gasteiger charge is -2.15. The van der Waals surface area contributed by atoms with E-state index in [2.05, 4.69) is 18.8 Å². The van der Waals surface area contributed by atoms with Gasteiger partial charge in [-0.05, 0) is 25.7 Å². The van der Waals surface area contributed by atoms with Crippen molar-refractivity contribution < 1.29 is 4.74 Å². The molecule has 1 aliphatic rings. The van der Waals surface area contributed by atoms with Crippen molar-refractivity contribution in [2.24, 2.45) is 5.92 Å². The Hall–Kier alpha value is -1.36. The first kappa shape index (κ1) is 12.1. The number of nitrogens with one attached hydrogen (secondary N) is 1. The zero-order chi connectivity index (χ0) is 12.6. The third-order valence-corrected chi connectivity index (χ3v) is 3.40. The average Bonchev–Trinajstić information content (AvgIpc) is 2.65. The van der Waals surface area contributed by atoms with E-state index in [9.17, 15) is 9.59 Å². The molecule has 1 N–H and O–H groups in total. The van der Waals surface area contributed by atoms with Crippen LogP contribution in [-0.2, 0) is 4.74 Å². The Morgan fingerprint density at radius 2 is 2.24 bits per heavy atom. The molecule has 5 nitrogen and oxygen atoms in total. The first-order valence-corrected chi connectivity index (χ1v) is 6.00. The summed E-state index contributed by atoms with van der Waals surface area (Å²) in [6, 6.07) is 0. The van der Waals surface area contributed by atoms with Gasteiger partial charge in [0.25, 0.3) is 5.56 Å². The van der Waals surface area contributed by atoms with Crippen molar-refractivity contribution in [3.63, 3.8) is 0 Å². The number of ether oxygens (including phenoxy) is 1. The molecular formula is C12H18N2O3. The molecule has 5 heteroatoms. The molecule has 1 saturated heterocycles. The molecule has 1 unspecified atom stereocenters. The SMILES string of the molecule is CC[C@H]1O[C@@H](n2cc(C)c(=O)[nH]c2=O)CC1C. The van der Waals surface area contributed by atoms with Crippen LogP contribution >= 0.6 is 0 Å². The maximum absolute atomic E-state index is 11.7. The second-order valence-electron chi connectivity index (χ2n) is 4.73. The number of aryl methyl sites for hydroxylation is 1. The molecule has 94 valence electrons. The van der Waals surface area contributed by atoms with Crippen molar-refractivity contribution >= 4 is 0 Å². The molecule has 17 heavy (non-hydrogen) atoms. The van der Waals surface area contributed by atoms with E-state index >= 15 is 0 Å². The zero-order valence-electron chi connectivity index (χ0n) is 10.4. The van der Waals surface area contributed by atoms with Crippen molar-refractivity contribution in [3.05, 3.63) is 32.6 Å². The van der Waals surface area contributed by atoms with Crippen LogP contribution in [0.5, 0.6) is 0 Å². The number of nitrogens with zero attached hydrogens (tertiary/aromatic N) is 1. The fourth-order valence-corrected chi connectivity index (χ4v) is 2.34. The Morgan fingerprint density at radius 1 is 1.53 bits per heavy atom.